The first kappa shape index (κ1) is 14.2. The molecule has 0 fully saturated rings. The maximum Gasteiger partial charge on any atom is 0.201 e. The van der Waals surface area contributed by atoms with Crippen LogP contribution in [0.25, 0.3) is 11.3 Å². The van der Waals surface area contributed by atoms with Crippen molar-refractivity contribution in [3.8, 4) is 17.3 Å². The maximum absolute atomic E-state index is 8.74. The Morgan fingerprint density at radius 3 is 2.57 bits per heavy atom. The van der Waals surface area contributed by atoms with Crippen molar-refractivity contribution >= 4 is 17.2 Å². The highest BCUT2D eigenvalue weighted by Crippen LogP contribution is 2.19. The Kier molecular flexibility index (Phi) is 4.26. The van der Waals surface area contributed by atoms with E-state index in [1.165, 1.54) is 0 Å². The molecule has 0 saturated heterocycles. The van der Waals surface area contributed by atoms with Crippen LogP contribution in [0.3, 0.4) is 0 Å². The van der Waals surface area contributed by atoms with E-state index in [2.05, 4.69) is 15.5 Å². The van der Waals surface area contributed by atoms with E-state index in [9.17, 15) is 0 Å². The highest BCUT2D eigenvalue weighted by atomic mass is 15.3. The molecule has 0 aliphatic heterocycles. The summed E-state index contributed by atoms with van der Waals surface area (Å²) in [4.78, 5) is 4.45. The lowest BCUT2D eigenvalue weighted by atomic mass is 10.1. The summed E-state index contributed by atoms with van der Waals surface area (Å²) in [6.45, 7) is 1.94. The molecule has 0 unspecified atom stereocenters. The molecule has 21 heavy (non-hydrogen) atoms. The van der Waals surface area contributed by atoms with Crippen molar-refractivity contribution < 1.29 is 0 Å². The van der Waals surface area contributed by atoms with Crippen molar-refractivity contribution in [1.29, 1.82) is 10.7 Å². The van der Waals surface area contributed by atoms with Gasteiger partial charge in [0.05, 0.1) is 11.4 Å². The van der Waals surface area contributed by atoms with E-state index >= 15 is 0 Å². The highest BCUT2D eigenvalue weighted by molar-refractivity contribution is 6.45. The number of aryl methyl sites for hydroxylation is 1. The molecule has 0 bridgehead atoms. The number of anilines is 1. The van der Waals surface area contributed by atoms with Crippen LogP contribution < -0.4 is 11.2 Å². The second-order valence-electron chi connectivity index (χ2n) is 4.34. The molecule has 1 aromatic carbocycles. The van der Waals surface area contributed by atoms with Gasteiger partial charge in [0.2, 0.25) is 5.71 Å². The van der Waals surface area contributed by atoms with E-state index in [-0.39, 0.29) is 11.5 Å². The van der Waals surface area contributed by atoms with Gasteiger partial charge < -0.3 is 5.73 Å². The van der Waals surface area contributed by atoms with Crippen LogP contribution in [-0.4, -0.2) is 16.5 Å². The zero-order valence-electron chi connectivity index (χ0n) is 11.5. The molecule has 0 atom stereocenters. The third-order valence-corrected chi connectivity index (χ3v) is 2.73. The SMILES string of the molecule is Cc1cccc(-c2ccc(N/N=C(\C#N)C(=N)N)cc2)n1. The van der Waals surface area contributed by atoms with Gasteiger partial charge in [-0.25, -0.2) is 0 Å². The summed E-state index contributed by atoms with van der Waals surface area (Å²) in [5.74, 6) is -0.370. The van der Waals surface area contributed by atoms with Gasteiger partial charge in [0.15, 0.2) is 5.84 Å². The molecule has 0 radical (unpaired) electrons. The molecule has 4 N–H and O–H groups in total. The maximum atomic E-state index is 8.74. The van der Waals surface area contributed by atoms with Crippen LogP contribution in [0.1, 0.15) is 5.69 Å². The van der Waals surface area contributed by atoms with Crippen LogP contribution in [0.5, 0.6) is 0 Å². The van der Waals surface area contributed by atoms with Gasteiger partial charge in [-0.05, 0) is 31.2 Å². The van der Waals surface area contributed by atoms with Gasteiger partial charge in [0.1, 0.15) is 6.07 Å². The highest BCUT2D eigenvalue weighted by Gasteiger charge is 2.02. The Morgan fingerprint density at radius 2 is 2.00 bits per heavy atom. The predicted molar refractivity (Wildman–Crippen MR) is 83.0 cm³/mol. The Hall–Kier alpha value is -3.20. The molecule has 6 nitrogen and oxygen atoms in total. The number of pyridine rings is 1. The molecule has 1 heterocycles. The van der Waals surface area contributed by atoms with E-state index < -0.39 is 0 Å². The van der Waals surface area contributed by atoms with Crippen molar-refractivity contribution in [1.82, 2.24) is 4.98 Å². The van der Waals surface area contributed by atoms with Crippen LogP contribution in [0.15, 0.2) is 47.6 Å². The average molecular weight is 278 g/mol. The first-order valence-corrected chi connectivity index (χ1v) is 6.22. The van der Waals surface area contributed by atoms with E-state index in [0.29, 0.717) is 5.69 Å². The Bertz CT molecular complexity index is 725. The van der Waals surface area contributed by atoms with Gasteiger partial charge in [-0.1, -0.05) is 18.2 Å². The molecular weight excluding hydrogens is 264 g/mol. The number of benzene rings is 1. The zero-order valence-corrected chi connectivity index (χ0v) is 11.5. The minimum Gasteiger partial charge on any atom is -0.382 e. The lowest BCUT2D eigenvalue weighted by Crippen LogP contribution is -2.21. The fourth-order valence-corrected chi connectivity index (χ4v) is 1.69. The van der Waals surface area contributed by atoms with Crippen molar-refractivity contribution in [3.63, 3.8) is 0 Å². The number of rotatable bonds is 4. The largest absolute Gasteiger partial charge is 0.382 e. The fourth-order valence-electron chi connectivity index (χ4n) is 1.69. The predicted octanol–water partition coefficient (Wildman–Crippen LogP) is 2.28. The standard InChI is InChI=1S/C15H14N6/c1-10-3-2-4-13(19-10)11-5-7-12(8-6-11)20-21-14(9-16)15(17)18/h2-8,20H,1H3,(H3,17,18)/b21-14+. The number of nitrogens with two attached hydrogens (primary N) is 1. The Morgan fingerprint density at radius 1 is 1.29 bits per heavy atom. The summed E-state index contributed by atoms with van der Waals surface area (Å²) in [5.41, 5.74) is 11.3. The molecular formula is C15H14N6. The van der Waals surface area contributed by atoms with Gasteiger partial charge >= 0.3 is 0 Å². The van der Waals surface area contributed by atoms with Crippen LogP contribution in [0, 0.1) is 23.7 Å². The van der Waals surface area contributed by atoms with Gasteiger partial charge in [-0.2, -0.15) is 10.4 Å². The zero-order chi connectivity index (χ0) is 15.2. The van der Waals surface area contributed by atoms with E-state index in [1.807, 2.05) is 49.4 Å². The normalized spacial score (nSPS) is 10.8. The van der Waals surface area contributed by atoms with Crippen LogP contribution in [-0.2, 0) is 0 Å². The summed E-state index contributed by atoms with van der Waals surface area (Å²) in [5, 5.41) is 19.7. The minimum atomic E-state index is -0.370. The first-order valence-electron chi connectivity index (χ1n) is 6.22. The van der Waals surface area contributed by atoms with Crippen molar-refractivity contribution in [2.45, 2.75) is 6.92 Å². The molecule has 0 spiro atoms. The second-order valence-corrected chi connectivity index (χ2v) is 4.34. The number of aromatic nitrogens is 1. The van der Waals surface area contributed by atoms with E-state index in [4.69, 9.17) is 16.4 Å². The van der Waals surface area contributed by atoms with Gasteiger partial charge in [0.25, 0.3) is 0 Å². The lowest BCUT2D eigenvalue weighted by Gasteiger charge is -2.04. The van der Waals surface area contributed by atoms with Gasteiger partial charge in [0, 0.05) is 11.3 Å². The summed E-state index contributed by atoms with van der Waals surface area (Å²) in [7, 11) is 0. The Balaban J connectivity index is 2.17. The summed E-state index contributed by atoms with van der Waals surface area (Å²) < 4.78 is 0. The molecule has 0 saturated carbocycles. The minimum absolute atomic E-state index is 0.153. The molecule has 6 heteroatoms. The average Bonchev–Trinajstić information content (AvgIpc) is 2.48. The number of nitriles is 1. The molecule has 0 aliphatic rings. The van der Waals surface area contributed by atoms with E-state index in [0.717, 1.165) is 17.0 Å². The van der Waals surface area contributed by atoms with Crippen molar-refractivity contribution in [2.24, 2.45) is 10.8 Å². The monoisotopic (exact) mass is 278 g/mol. The smallest absolute Gasteiger partial charge is 0.201 e. The number of hydrogen-bond acceptors (Lipinski definition) is 5. The van der Waals surface area contributed by atoms with Crippen molar-refractivity contribution in [3.05, 3.63) is 48.2 Å². The van der Waals surface area contributed by atoms with Crippen LogP contribution in [0.4, 0.5) is 5.69 Å². The number of nitrogens with zero attached hydrogens (tertiary/aromatic N) is 3. The summed E-state index contributed by atoms with van der Waals surface area (Å²) in [6.07, 6.45) is 0. The fraction of sp³-hybridized carbons (Fsp3) is 0.0667. The van der Waals surface area contributed by atoms with Crippen LogP contribution in [0.2, 0.25) is 0 Å². The number of amidine groups is 1. The second kappa shape index (κ2) is 6.30. The molecule has 0 amide bonds. The van der Waals surface area contributed by atoms with Gasteiger partial charge in [-0.15, -0.1) is 0 Å². The van der Waals surface area contributed by atoms with Crippen LogP contribution >= 0.6 is 0 Å². The van der Waals surface area contributed by atoms with Crippen molar-refractivity contribution in [2.75, 3.05) is 5.43 Å². The number of nitrogens with one attached hydrogen (secondary N) is 2. The third-order valence-electron chi connectivity index (χ3n) is 2.73. The number of hydrogen-bond donors (Lipinski definition) is 3. The molecule has 2 rings (SSSR count). The van der Waals surface area contributed by atoms with Gasteiger partial charge in [-0.3, -0.25) is 15.8 Å². The number of hydrazone groups is 1. The quantitative estimate of drug-likeness (QED) is 0.452. The summed E-state index contributed by atoms with van der Waals surface area (Å²) >= 11 is 0. The summed E-state index contributed by atoms with van der Waals surface area (Å²) in [6, 6.07) is 15.0. The topological polar surface area (TPSA) is 111 Å². The third kappa shape index (κ3) is 3.64. The van der Waals surface area contributed by atoms with E-state index in [1.54, 1.807) is 6.07 Å². The Labute approximate surface area is 122 Å². The molecule has 104 valence electrons. The molecule has 1 aromatic heterocycles. The first-order chi connectivity index (χ1) is 10.1. The molecule has 2 aromatic rings. The lowest BCUT2D eigenvalue weighted by molar-refractivity contribution is 1.20. The molecule has 0 aliphatic carbocycles.